The maximum atomic E-state index is 12.8. The third kappa shape index (κ3) is 3.03. The van der Waals surface area contributed by atoms with Crippen molar-refractivity contribution in [1.29, 1.82) is 5.26 Å². The molecule has 0 aliphatic heterocycles. The average molecular weight is 226 g/mol. The minimum atomic E-state index is -0.555. The first-order chi connectivity index (χ1) is 7.04. The van der Waals surface area contributed by atoms with E-state index in [9.17, 15) is 9.18 Å². The van der Waals surface area contributed by atoms with Crippen LogP contribution in [0, 0.1) is 17.1 Å². The van der Waals surface area contributed by atoms with Crippen LogP contribution in [-0.4, -0.2) is 5.78 Å². The molecule has 0 amide bonds. The van der Waals surface area contributed by atoms with Crippen LogP contribution in [0.25, 0.3) is 0 Å². The molecule has 0 bridgehead atoms. The van der Waals surface area contributed by atoms with E-state index < -0.39 is 11.7 Å². The fourth-order valence-corrected chi connectivity index (χ4v) is 1.44. The summed E-state index contributed by atoms with van der Waals surface area (Å²) >= 11 is 5.58. The summed E-state index contributed by atoms with van der Waals surface area (Å²) in [5.41, 5.74) is 0.569. The molecule has 1 unspecified atom stereocenters. The molecule has 0 saturated carbocycles. The standard InChI is InChI=1S/C11H9ClFNO/c1-7(15)4-9(6-14)8-2-3-11(13)10(12)5-8/h2-3,5,9H,4H2,1H3. The zero-order chi connectivity index (χ0) is 11.4. The normalized spacial score (nSPS) is 11.9. The smallest absolute Gasteiger partial charge is 0.141 e. The van der Waals surface area contributed by atoms with Crippen LogP contribution in [0.3, 0.4) is 0 Å². The predicted octanol–water partition coefficient (Wildman–Crippen LogP) is 3.07. The number of ketones is 1. The fraction of sp³-hybridized carbons (Fsp3) is 0.273. The van der Waals surface area contributed by atoms with E-state index in [2.05, 4.69) is 0 Å². The number of nitrogens with zero attached hydrogens (tertiary/aromatic N) is 1. The maximum Gasteiger partial charge on any atom is 0.141 e. The molecule has 15 heavy (non-hydrogen) atoms. The summed E-state index contributed by atoms with van der Waals surface area (Å²) in [6.07, 6.45) is 0.123. The zero-order valence-corrected chi connectivity index (χ0v) is 8.88. The van der Waals surface area contributed by atoms with Crippen molar-refractivity contribution in [3.05, 3.63) is 34.6 Å². The van der Waals surface area contributed by atoms with E-state index >= 15 is 0 Å². The Labute approximate surface area is 92.3 Å². The van der Waals surface area contributed by atoms with Crippen LogP contribution in [0.4, 0.5) is 4.39 Å². The van der Waals surface area contributed by atoms with E-state index in [0.717, 1.165) is 0 Å². The van der Waals surface area contributed by atoms with Gasteiger partial charge in [0.15, 0.2) is 0 Å². The summed E-state index contributed by atoms with van der Waals surface area (Å²) < 4.78 is 12.8. The first kappa shape index (κ1) is 11.7. The van der Waals surface area contributed by atoms with Gasteiger partial charge in [-0.25, -0.2) is 4.39 Å². The summed E-state index contributed by atoms with van der Waals surface area (Å²) in [6, 6.07) is 6.04. The van der Waals surface area contributed by atoms with Crippen molar-refractivity contribution in [3.63, 3.8) is 0 Å². The minimum absolute atomic E-state index is 0.0312. The Bertz CT molecular complexity index is 425. The molecule has 0 fully saturated rings. The largest absolute Gasteiger partial charge is 0.300 e. The van der Waals surface area contributed by atoms with Gasteiger partial charge in [0, 0.05) is 6.42 Å². The van der Waals surface area contributed by atoms with Crippen LogP contribution in [0.1, 0.15) is 24.8 Å². The molecule has 0 heterocycles. The Hall–Kier alpha value is -1.40. The topological polar surface area (TPSA) is 40.9 Å². The van der Waals surface area contributed by atoms with Gasteiger partial charge in [0.2, 0.25) is 0 Å². The van der Waals surface area contributed by atoms with Crippen LogP contribution in [0.2, 0.25) is 5.02 Å². The molecule has 0 spiro atoms. The van der Waals surface area contributed by atoms with Gasteiger partial charge in [0.1, 0.15) is 11.6 Å². The molecule has 0 aromatic heterocycles. The third-order valence-corrected chi connectivity index (χ3v) is 2.28. The van der Waals surface area contributed by atoms with Crippen LogP contribution in [-0.2, 0) is 4.79 Å². The lowest BCUT2D eigenvalue weighted by atomic mass is 9.95. The number of carbonyl (C=O) groups excluding carboxylic acids is 1. The zero-order valence-electron chi connectivity index (χ0n) is 8.13. The number of Topliss-reactive ketones (excluding diaryl/α,β-unsaturated/α-hetero) is 1. The monoisotopic (exact) mass is 225 g/mol. The second-order valence-electron chi connectivity index (χ2n) is 3.26. The Morgan fingerprint density at radius 2 is 2.33 bits per heavy atom. The molecule has 78 valence electrons. The number of rotatable bonds is 3. The van der Waals surface area contributed by atoms with Gasteiger partial charge in [-0.2, -0.15) is 5.26 Å². The highest BCUT2D eigenvalue weighted by Crippen LogP contribution is 2.24. The molecule has 1 atom stereocenters. The van der Waals surface area contributed by atoms with Crippen LogP contribution in [0.15, 0.2) is 18.2 Å². The lowest BCUT2D eigenvalue weighted by Crippen LogP contribution is -2.02. The number of halogens is 2. The first-order valence-electron chi connectivity index (χ1n) is 4.38. The Balaban J connectivity index is 2.98. The second-order valence-corrected chi connectivity index (χ2v) is 3.67. The highest BCUT2D eigenvalue weighted by Gasteiger charge is 2.14. The number of nitriles is 1. The van der Waals surface area contributed by atoms with E-state index in [-0.39, 0.29) is 17.2 Å². The van der Waals surface area contributed by atoms with Gasteiger partial charge >= 0.3 is 0 Å². The molecule has 0 N–H and O–H groups in total. The van der Waals surface area contributed by atoms with Gasteiger partial charge in [-0.15, -0.1) is 0 Å². The summed E-state index contributed by atoms with van der Waals surface area (Å²) in [4.78, 5) is 10.9. The Morgan fingerprint density at radius 3 is 2.80 bits per heavy atom. The molecule has 0 aliphatic carbocycles. The van der Waals surface area contributed by atoms with E-state index in [1.807, 2.05) is 6.07 Å². The average Bonchev–Trinajstić information content (AvgIpc) is 2.18. The molecule has 0 aliphatic rings. The molecule has 0 saturated heterocycles. The van der Waals surface area contributed by atoms with Crippen molar-refractivity contribution in [2.24, 2.45) is 0 Å². The van der Waals surface area contributed by atoms with Crippen molar-refractivity contribution in [2.75, 3.05) is 0 Å². The van der Waals surface area contributed by atoms with Gasteiger partial charge in [-0.1, -0.05) is 17.7 Å². The van der Waals surface area contributed by atoms with Crippen molar-refractivity contribution >= 4 is 17.4 Å². The van der Waals surface area contributed by atoms with Crippen molar-refractivity contribution in [3.8, 4) is 6.07 Å². The number of benzene rings is 1. The first-order valence-corrected chi connectivity index (χ1v) is 4.76. The van der Waals surface area contributed by atoms with E-state index in [1.54, 1.807) is 0 Å². The van der Waals surface area contributed by atoms with Gasteiger partial charge < -0.3 is 0 Å². The Kier molecular flexibility index (Phi) is 3.81. The SMILES string of the molecule is CC(=O)CC(C#N)c1ccc(F)c(Cl)c1. The lowest BCUT2D eigenvalue weighted by molar-refractivity contribution is -0.117. The van der Waals surface area contributed by atoms with Crippen LogP contribution in [0.5, 0.6) is 0 Å². The van der Waals surface area contributed by atoms with Crippen molar-refractivity contribution in [2.45, 2.75) is 19.3 Å². The number of hydrogen-bond acceptors (Lipinski definition) is 2. The summed E-state index contributed by atoms with van der Waals surface area (Å²) in [6.45, 7) is 1.41. The highest BCUT2D eigenvalue weighted by atomic mass is 35.5. The molecular weight excluding hydrogens is 217 g/mol. The predicted molar refractivity (Wildman–Crippen MR) is 55.1 cm³/mol. The molecule has 4 heteroatoms. The summed E-state index contributed by atoms with van der Waals surface area (Å²) in [5.74, 6) is -1.16. The third-order valence-electron chi connectivity index (χ3n) is 1.99. The number of carbonyl (C=O) groups is 1. The lowest BCUT2D eigenvalue weighted by Gasteiger charge is -2.07. The van der Waals surface area contributed by atoms with Crippen LogP contribution < -0.4 is 0 Å². The highest BCUT2D eigenvalue weighted by molar-refractivity contribution is 6.30. The minimum Gasteiger partial charge on any atom is -0.300 e. The Morgan fingerprint density at radius 1 is 1.67 bits per heavy atom. The number of hydrogen-bond donors (Lipinski definition) is 0. The summed E-state index contributed by atoms with van der Waals surface area (Å²) in [7, 11) is 0. The van der Waals surface area contributed by atoms with Crippen molar-refractivity contribution < 1.29 is 9.18 Å². The molecule has 1 aromatic rings. The second kappa shape index (κ2) is 4.90. The molecule has 0 radical (unpaired) electrons. The fourth-order valence-electron chi connectivity index (χ4n) is 1.25. The molecule has 1 aromatic carbocycles. The van der Waals surface area contributed by atoms with E-state index in [4.69, 9.17) is 16.9 Å². The molecular formula is C11H9ClFNO. The van der Waals surface area contributed by atoms with Gasteiger partial charge in [-0.3, -0.25) is 4.79 Å². The molecule has 2 nitrogen and oxygen atoms in total. The van der Waals surface area contributed by atoms with E-state index in [0.29, 0.717) is 5.56 Å². The van der Waals surface area contributed by atoms with Crippen LogP contribution >= 0.6 is 11.6 Å². The molecule has 1 rings (SSSR count). The van der Waals surface area contributed by atoms with Gasteiger partial charge in [-0.05, 0) is 24.6 Å². The maximum absolute atomic E-state index is 12.8. The summed E-state index contributed by atoms with van der Waals surface area (Å²) in [5, 5.41) is 8.82. The van der Waals surface area contributed by atoms with Crippen molar-refractivity contribution in [1.82, 2.24) is 0 Å². The van der Waals surface area contributed by atoms with Gasteiger partial charge in [0.25, 0.3) is 0 Å². The quantitative estimate of drug-likeness (QED) is 0.793. The van der Waals surface area contributed by atoms with Gasteiger partial charge in [0.05, 0.1) is 17.0 Å². The van der Waals surface area contributed by atoms with E-state index in [1.165, 1.54) is 25.1 Å².